The second kappa shape index (κ2) is 7.18. The third-order valence-electron chi connectivity index (χ3n) is 3.74. The lowest BCUT2D eigenvalue weighted by Crippen LogP contribution is -2.17. The fourth-order valence-corrected chi connectivity index (χ4v) is 2.69. The number of nitrogens with zero attached hydrogens (tertiary/aromatic N) is 1. The van der Waals surface area contributed by atoms with E-state index in [9.17, 15) is 4.79 Å². The van der Waals surface area contributed by atoms with Gasteiger partial charge in [-0.05, 0) is 25.0 Å². The summed E-state index contributed by atoms with van der Waals surface area (Å²) in [4.78, 5) is 17.0. The van der Waals surface area contributed by atoms with Crippen LogP contribution in [-0.4, -0.2) is 10.8 Å². The molecular formula is C18H23NO. The molecule has 0 radical (unpaired) electrons. The molecule has 0 atom stereocenters. The van der Waals surface area contributed by atoms with Crippen LogP contribution in [0.3, 0.4) is 0 Å². The molecule has 0 spiro atoms. The van der Waals surface area contributed by atoms with Gasteiger partial charge in [-0.15, -0.1) is 0 Å². The maximum Gasteiger partial charge on any atom is 0.141 e. The molecule has 0 saturated carbocycles. The molecular weight excluding hydrogens is 246 g/mol. The van der Waals surface area contributed by atoms with Crippen molar-refractivity contribution < 1.29 is 4.79 Å². The first-order valence-electron chi connectivity index (χ1n) is 7.62. The van der Waals surface area contributed by atoms with Crippen molar-refractivity contribution in [2.24, 2.45) is 5.92 Å². The van der Waals surface area contributed by atoms with Gasteiger partial charge in [0, 0.05) is 23.4 Å². The zero-order valence-electron chi connectivity index (χ0n) is 12.4. The van der Waals surface area contributed by atoms with Gasteiger partial charge >= 0.3 is 0 Å². The number of ketones is 1. The van der Waals surface area contributed by atoms with Crippen LogP contribution in [0.15, 0.2) is 36.4 Å². The lowest BCUT2D eigenvalue weighted by atomic mass is 9.91. The summed E-state index contributed by atoms with van der Waals surface area (Å²) in [5.41, 5.74) is 1.87. The molecule has 0 N–H and O–H groups in total. The summed E-state index contributed by atoms with van der Waals surface area (Å²) in [6.07, 6.45) is 4.61. The molecule has 0 aliphatic carbocycles. The highest BCUT2D eigenvalue weighted by atomic mass is 16.1. The standard InChI is InChI=1S/C18H23NO/c1-3-7-15(8-4-2)18(20)13-16-12-11-14-9-5-6-10-17(14)19-16/h5-6,9-12,15H,3-4,7-8,13H2,1-2H3. The summed E-state index contributed by atoms with van der Waals surface area (Å²) >= 11 is 0. The first kappa shape index (κ1) is 14.7. The number of fused-ring (bicyclic) bond motifs is 1. The van der Waals surface area contributed by atoms with Crippen molar-refractivity contribution in [2.75, 3.05) is 0 Å². The first-order valence-corrected chi connectivity index (χ1v) is 7.62. The van der Waals surface area contributed by atoms with Gasteiger partial charge in [0.15, 0.2) is 0 Å². The van der Waals surface area contributed by atoms with E-state index in [1.54, 1.807) is 0 Å². The third kappa shape index (κ3) is 3.66. The van der Waals surface area contributed by atoms with Gasteiger partial charge in [0.05, 0.1) is 5.52 Å². The second-order valence-corrected chi connectivity index (χ2v) is 5.41. The number of hydrogen-bond donors (Lipinski definition) is 0. The van der Waals surface area contributed by atoms with Crippen LogP contribution in [0.4, 0.5) is 0 Å². The van der Waals surface area contributed by atoms with Crippen molar-refractivity contribution in [1.29, 1.82) is 0 Å². The molecule has 0 amide bonds. The SMILES string of the molecule is CCCC(CCC)C(=O)Cc1ccc2ccccc2n1. The van der Waals surface area contributed by atoms with Crippen molar-refractivity contribution in [3.8, 4) is 0 Å². The normalized spacial score (nSPS) is 11.2. The van der Waals surface area contributed by atoms with Crippen LogP contribution in [0.2, 0.25) is 0 Å². The van der Waals surface area contributed by atoms with Crippen molar-refractivity contribution in [2.45, 2.75) is 46.0 Å². The van der Waals surface area contributed by atoms with Gasteiger partial charge in [0.25, 0.3) is 0 Å². The fraction of sp³-hybridized carbons (Fsp3) is 0.444. The van der Waals surface area contributed by atoms with E-state index in [-0.39, 0.29) is 5.92 Å². The number of carbonyl (C=O) groups excluding carboxylic acids is 1. The summed E-state index contributed by atoms with van der Waals surface area (Å²) in [6, 6.07) is 12.1. The molecule has 1 aromatic heterocycles. The van der Waals surface area contributed by atoms with Gasteiger partial charge in [-0.25, -0.2) is 0 Å². The van der Waals surface area contributed by atoms with Crippen molar-refractivity contribution in [1.82, 2.24) is 4.98 Å². The van der Waals surface area contributed by atoms with E-state index in [1.165, 1.54) is 0 Å². The number of benzene rings is 1. The summed E-state index contributed by atoms with van der Waals surface area (Å²) in [5.74, 6) is 0.551. The number of rotatable bonds is 7. The Morgan fingerprint density at radius 1 is 1.05 bits per heavy atom. The number of Topliss-reactive ketones (excluding diaryl/α,β-unsaturated/α-hetero) is 1. The number of hydrogen-bond acceptors (Lipinski definition) is 2. The molecule has 2 nitrogen and oxygen atoms in total. The number of pyridine rings is 1. The van der Waals surface area contributed by atoms with Gasteiger partial charge in [-0.1, -0.05) is 51.0 Å². The molecule has 0 aliphatic rings. The monoisotopic (exact) mass is 269 g/mol. The maximum atomic E-state index is 12.4. The lowest BCUT2D eigenvalue weighted by Gasteiger charge is -2.13. The van der Waals surface area contributed by atoms with E-state index in [1.807, 2.05) is 30.3 Å². The molecule has 1 heterocycles. The van der Waals surface area contributed by atoms with Gasteiger partial charge in [-0.2, -0.15) is 0 Å². The second-order valence-electron chi connectivity index (χ2n) is 5.41. The zero-order valence-corrected chi connectivity index (χ0v) is 12.4. The average molecular weight is 269 g/mol. The largest absolute Gasteiger partial charge is 0.299 e. The Labute approximate surface area is 121 Å². The number of aromatic nitrogens is 1. The molecule has 20 heavy (non-hydrogen) atoms. The molecule has 106 valence electrons. The summed E-state index contributed by atoms with van der Waals surface area (Å²) in [6.45, 7) is 4.29. The zero-order chi connectivity index (χ0) is 14.4. The molecule has 0 saturated heterocycles. The van der Waals surface area contributed by atoms with Gasteiger partial charge < -0.3 is 0 Å². The minimum Gasteiger partial charge on any atom is -0.299 e. The lowest BCUT2D eigenvalue weighted by molar-refractivity contribution is -0.122. The summed E-state index contributed by atoms with van der Waals surface area (Å²) in [7, 11) is 0. The number of carbonyl (C=O) groups is 1. The number of para-hydroxylation sites is 1. The molecule has 0 unspecified atom stereocenters. The minimum atomic E-state index is 0.207. The van der Waals surface area contributed by atoms with E-state index >= 15 is 0 Å². The summed E-state index contributed by atoms with van der Waals surface area (Å²) < 4.78 is 0. The van der Waals surface area contributed by atoms with Crippen LogP contribution < -0.4 is 0 Å². The Morgan fingerprint density at radius 3 is 2.45 bits per heavy atom. The van der Waals surface area contributed by atoms with Crippen LogP contribution in [0.1, 0.15) is 45.2 Å². The Hall–Kier alpha value is -1.70. The van der Waals surface area contributed by atoms with Crippen molar-refractivity contribution >= 4 is 16.7 Å². The Kier molecular flexibility index (Phi) is 5.28. The molecule has 0 bridgehead atoms. The van der Waals surface area contributed by atoms with E-state index in [0.717, 1.165) is 42.3 Å². The van der Waals surface area contributed by atoms with E-state index in [0.29, 0.717) is 12.2 Å². The Morgan fingerprint density at radius 2 is 1.75 bits per heavy atom. The van der Waals surface area contributed by atoms with Crippen LogP contribution in [0, 0.1) is 5.92 Å². The summed E-state index contributed by atoms with van der Waals surface area (Å²) in [5, 5.41) is 1.13. The molecule has 2 heteroatoms. The van der Waals surface area contributed by atoms with Crippen molar-refractivity contribution in [3.63, 3.8) is 0 Å². The molecule has 2 aromatic rings. The molecule has 0 aliphatic heterocycles. The highest BCUT2D eigenvalue weighted by Crippen LogP contribution is 2.18. The third-order valence-corrected chi connectivity index (χ3v) is 3.74. The fourth-order valence-electron chi connectivity index (χ4n) is 2.69. The quantitative estimate of drug-likeness (QED) is 0.737. The van der Waals surface area contributed by atoms with Crippen LogP contribution >= 0.6 is 0 Å². The van der Waals surface area contributed by atoms with Gasteiger partial charge in [0.1, 0.15) is 5.78 Å². The topological polar surface area (TPSA) is 30.0 Å². The van der Waals surface area contributed by atoms with Crippen LogP contribution in [0.25, 0.3) is 10.9 Å². The highest BCUT2D eigenvalue weighted by molar-refractivity contribution is 5.84. The molecule has 2 rings (SSSR count). The average Bonchev–Trinajstić information content (AvgIpc) is 2.47. The predicted molar refractivity (Wildman–Crippen MR) is 83.8 cm³/mol. The Balaban J connectivity index is 2.11. The predicted octanol–water partition coefficient (Wildman–Crippen LogP) is 4.56. The van der Waals surface area contributed by atoms with E-state index < -0.39 is 0 Å². The molecule has 1 aromatic carbocycles. The van der Waals surface area contributed by atoms with Gasteiger partial charge in [0.2, 0.25) is 0 Å². The van der Waals surface area contributed by atoms with Crippen LogP contribution in [-0.2, 0) is 11.2 Å². The Bertz CT molecular complexity index is 570. The minimum absolute atomic E-state index is 0.207. The maximum absolute atomic E-state index is 12.4. The van der Waals surface area contributed by atoms with Crippen LogP contribution in [0.5, 0.6) is 0 Å². The smallest absolute Gasteiger partial charge is 0.141 e. The highest BCUT2D eigenvalue weighted by Gasteiger charge is 2.17. The first-order chi connectivity index (χ1) is 9.74. The molecule has 0 fully saturated rings. The van der Waals surface area contributed by atoms with Crippen molar-refractivity contribution in [3.05, 3.63) is 42.1 Å². The van der Waals surface area contributed by atoms with E-state index in [4.69, 9.17) is 0 Å². The van der Waals surface area contributed by atoms with E-state index in [2.05, 4.69) is 24.9 Å². The van der Waals surface area contributed by atoms with Gasteiger partial charge in [-0.3, -0.25) is 9.78 Å².